The van der Waals surface area contributed by atoms with Crippen LogP contribution in [0.25, 0.3) is 0 Å². The normalized spacial score (nSPS) is 18.7. The average molecular weight is 244 g/mol. The fourth-order valence-corrected chi connectivity index (χ4v) is 1.64. The number of halogens is 2. The molecule has 0 amide bonds. The highest BCUT2D eigenvalue weighted by atomic mass is 79.9. The lowest BCUT2D eigenvalue weighted by Crippen LogP contribution is -2.24. The van der Waals surface area contributed by atoms with Crippen molar-refractivity contribution in [3.05, 3.63) is 34.1 Å². The van der Waals surface area contributed by atoms with Gasteiger partial charge in [0, 0.05) is 5.54 Å². The van der Waals surface area contributed by atoms with Gasteiger partial charge in [-0.25, -0.2) is 4.39 Å². The second-order valence-corrected chi connectivity index (χ2v) is 4.64. The Bertz CT molecular complexity index is 334. The number of rotatable bonds is 2. The van der Waals surface area contributed by atoms with Crippen LogP contribution in [0, 0.1) is 5.82 Å². The molecule has 0 bridgehead atoms. The summed E-state index contributed by atoms with van der Waals surface area (Å²) in [4.78, 5) is 0. The molecule has 0 heterocycles. The minimum Gasteiger partial charge on any atom is -0.325 e. The van der Waals surface area contributed by atoms with Gasteiger partial charge in [-0.2, -0.15) is 0 Å². The molecule has 1 aromatic carbocycles. The highest BCUT2D eigenvalue weighted by molar-refractivity contribution is 9.10. The van der Waals surface area contributed by atoms with Gasteiger partial charge in [0.2, 0.25) is 0 Å². The van der Waals surface area contributed by atoms with Crippen molar-refractivity contribution in [2.45, 2.75) is 24.8 Å². The topological polar surface area (TPSA) is 26.0 Å². The van der Waals surface area contributed by atoms with Crippen LogP contribution in [0.4, 0.5) is 4.39 Å². The molecule has 1 nitrogen and oxygen atoms in total. The Labute approximate surface area is 85.3 Å². The van der Waals surface area contributed by atoms with Crippen LogP contribution >= 0.6 is 15.9 Å². The van der Waals surface area contributed by atoms with E-state index in [0.29, 0.717) is 4.47 Å². The van der Waals surface area contributed by atoms with Gasteiger partial charge in [-0.05, 0) is 52.9 Å². The molecule has 2 rings (SSSR count). The number of nitrogens with two attached hydrogens (primary N) is 1. The smallest absolute Gasteiger partial charge is 0.137 e. The van der Waals surface area contributed by atoms with Crippen molar-refractivity contribution in [1.29, 1.82) is 0 Å². The summed E-state index contributed by atoms with van der Waals surface area (Å²) in [6.07, 6.45) is 2.91. The molecule has 70 valence electrons. The molecule has 0 unspecified atom stereocenters. The Kier molecular flexibility index (Phi) is 2.16. The van der Waals surface area contributed by atoms with Crippen LogP contribution in [0.5, 0.6) is 0 Å². The fourth-order valence-electron chi connectivity index (χ4n) is 1.39. The highest BCUT2D eigenvalue weighted by Gasteiger charge is 2.37. The molecule has 0 atom stereocenters. The Balaban J connectivity index is 2.17. The number of hydrogen-bond donors (Lipinski definition) is 1. The van der Waals surface area contributed by atoms with E-state index in [2.05, 4.69) is 15.9 Å². The molecule has 0 aliphatic heterocycles. The lowest BCUT2D eigenvalue weighted by molar-refractivity contribution is 0.612. The van der Waals surface area contributed by atoms with Gasteiger partial charge in [0.25, 0.3) is 0 Å². The van der Waals surface area contributed by atoms with E-state index in [-0.39, 0.29) is 11.4 Å². The van der Waals surface area contributed by atoms with E-state index >= 15 is 0 Å². The van der Waals surface area contributed by atoms with Gasteiger partial charge in [0.05, 0.1) is 4.47 Å². The summed E-state index contributed by atoms with van der Waals surface area (Å²) in [5.41, 5.74) is 6.88. The largest absolute Gasteiger partial charge is 0.325 e. The predicted molar refractivity (Wildman–Crippen MR) is 54.0 cm³/mol. The maximum Gasteiger partial charge on any atom is 0.137 e. The van der Waals surface area contributed by atoms with Crippen molar-refractivity contribution in [2.24, 2.45) is 5.73 Å². The third-order valence-electron chi connectivity index (χ3n) is 2.43. The van der Waals surface area contributed by atoms with Crippen LogP contribution in [-0.2, 0) is 6.42 Å². The summed E-state index contributed by atoms with van der Waals surface area (Å²) < 4.78 is 13.6. The summed E-state index contributed by atoms with van der Waals surface area (Å²) in [7, 11) is 0. The second-order valence-electron chi connectivity index (χ2n) is 3.79. The SMILES string of the molecule is NC1(Cc2ccc(Br)c(F)c2)CC1. The van der Waals surface area contributed by atoms with Gasteiger partial charge in [-0.3, -0.25) is 0 Å². The summed E-state index contributed by atoms with van der Waals surface area (Å²) in [5.74, 6) is -0.207. The van der Waals surface area contributed by atoms with Crippen LogP contribution in [0.3, 0.4) is 0 Å². The molecule has 0 radical (unpaired) electrons. The van der Waals surface area contributed by atoms with E-state index in [0.717, 1.165) is 24.8 Å². The van der Waals surface area contributed by atoms with Crippen molar-refractivity contribution in [3.8, 4) is 0 Å². The summed E-state index contributed by atoms with van der Waals surface area (Å²) in [5, 5.41) is 0. The lowest BCUT2D eigenvalue weighted by Gasteiger charge is -2.08. The number of hydrogen-bond acceptors (Lipinski definition) is 1. The third kappa shape index (κ3) is 2.09. The summed E-state index contributed by atoms with van der Waals surface area (Å²) in [6.45, 7) is 0. The molecule has 1 aliphatic carbocycles. The minimum absolute atomic E-state index is 0.0414. The molecule has 2 N–H and O–H groups in total. The van der Waals surface area contributed by atoms with Gasteiger partial charge in [0.1, 0.15) is 5.82 Å². The first-order valence-corrected chi connectivity index (χ1v) is 5.11. The average Bonchev–Trinajstić information content (AvgIpc) is 2.76. The molecule has 0 saturated heterocycles. The molecule has 13 heavy (non-hydrogen) atoms. The molecule has 0 aromatic heterocycles. The second kappa shape index (κ2) is 3.07. The van der Waals surface area contributed by atoms with Crippen molar-refractivity contribution in [3.63, 3.8) is 0 Å². The van der Waals surface area contributed by atoms with Crippen LogP contribution in [0.2, 0.25) is 0 Å². The lowest BCUT2D eigenvalue weighted by atomic mass is 10.1. The Hall–Kier alpha value is -0.410. The van der Waals surface area contributed by atoms with E-state index in [9.17, 15) is 4.39 Å². The molecule has 1 aromatic rings. The Morgan fingerprint density at radius 1 is 1.46 bits per heavy atom. The molecular weight excluding hydrogens is 233 g/mol. The van der Waals surface area contributed by atoms with E-state index in [4.69, 9.17) is 5.73 Å². The van der Waals surface area contributed by atoms with Crippen LogP contribution in [-0.4, -0.2) is 5.54 Å². The van der Waals surface area contributed by atoms with Crippen molar-refractivity contribution >= 4 is 15.9 Å². The van der Waals surface area contributed by atoms with Crippen LogP contribution < -0.4 is 5.73 Å². The quantitative estimate of drug-likeness (QED) is 0.850. The van der Waals surface area contributed by atoms with Gasteiger partial charge in [0.15, 0.2) is 0 Å². The first-order chi connectivity index (χ1) is 6.09. The molecule has 0 spiro atoms. The van der Waals surface area contributed by atoms with E-state index in [1.807, 2.05) is 6.07 Å². The molecule has 3 heteroatoms. The standard InChI is InChI=1S/C10H11BrFN/c11-8-2-1-7(5-9(8)12)6-10(13)3-4-10/h1-2,5H,3-4,6,13H2. The van der Waals surface area contributed by atoms with Gasteiger partial charge < -0.3 is 5.73 Å². The zero-order valence-electron chi connectivity index (χ0n) is 7.19. The van der Waals surface area contributed by atoms with Gasteiger partial charge in [-0.15, -0.1) is 0 Å². The van der Waals surface area contributed by atoms with Crippen LogP contribution in [0.15, 0.2) is 22.7 Å². The molecule has 1 fully saturated rings. The molecule has 1 saturated carbocycles. The zero-order valence-corrected chi connectivity index (χ0v) is 8.77. The number of benzene rings is 1. The van der Waals surface area contributed by atoms with E-state index in [1.165, 1.54) is 0 Å². The van der Waals surface area contributed by atoms with Crippen molar-refractivity contribution < 1.29 is 4.39 Å². The Morgan fingerprint density at radius 3 is 2.69 bits per heavy atom. The Morgan fingerprint density at radius 2 is 2.15 bits per heavy atom. The first-order valence-electron chi connectivity index (χ1n) is 4.32. The minimum atomic E-state index is -0.207. The van der Waals surface area contributed by atoms with Crippen LogP contribution in [0.1, 0.15) is 18.4 Å². The molecular formula is C10H11BrFN. The highest BCUT2D eigenvalue weighted by Crippen LogP contribution is 2.35. The monoisotopic (exact) mass is 243 g/mol. The zero-order chi connectivity index (χ0) is 9.47. The maximum atomic E-state index is 13.1. The molecule has 1 aliphatic rings. The van der Waals surface area contributed by atoms with E-state index < -0.39 is 0 Å². The van der Waals surface area contributed by atoms with Gasteiger partial charge in [-0.1, -0.05) is 6.07 Å². The summed E-state index contributed by atoms with van der Waals surface area (Å²) >= 11 is 3.12. The summed E-state index contributed by atoms with van der Waals surface area (Å²) in [6, 6.07) is 5.20. The van der Waals surface area contributed by atoms with Crippen molar-refractivity contribution in [2.75, 3.05) is 0 Å². The predicted octanol–water partition coefficient (Wildman–Crippen LogP) is 2.62. The van der Waals surface area contributed by atoms with Gasteiger partial charge >= 0.3 is 0 Å². The fraction of sp³-hybridized carbons (Fsp3) is 0.400. The van der Waals surface area contributed by atoms with Crippen molar-refractivity contribution in [1.82, 2.24) is 0 Å². The van der Waals surface area contributed by atoms with E-state index in [1.54, 1.807) is 12.1 Å². The maximum absolute atomic E-state index is 13.1. The first kappa shape index (κ1) is 9.16. The third-order valence-corrected chi connectivity index (χ3v) is 3.08.